The number of carbonyl (C=O) groups excluding carboxylic acids is 4. The van der Waals surface area contributed by atoms with E-state index in [1.54, 1.807) is 57.2 Å². The normalized spacial score (nSPS) is 18.8. The van der Waals surface area contributed by atoms with Crippen molar-refractivity contribution in [2.45, 2.75) is 26.3 Å². The number of amides is 5. The van der Waals surface area contributed by atoms with E-state index in [-0.39, 0.29) is 5.56 Å². The van der Waals surface area contributed by atoms with E-state index in [1.165, 1.54) is 0 Å². The Morgan fingerprint density at radius 2 is 1.82 bits per heavy atom. The number of aryl methyl sites for hydroxylation is 2. The SMILES string of the molecule is Cc1cc(C(=O)NNC(=O)CN2C(=O)N[C@@](C)(c3ccccc3)C2=O)c(C)o1. The maximum Gasteiger partial charge on any atom is 0.325 e. The zero-order valence-electron chi connectivity index (χ0n) is 15.7. The van der Waals surface area contributed by atoms with Crippen LogP contribution in [0.25, 0.3) is 0 Å². The van der Waals surface area contributed by atoms with Gasteiger partial charge in [-0.3, -0.25) is 30.1 Å². The summed E-state index contributed by atoms with van der Waals surface area (Å²) in [7, 11) is 0. The van der Waals surface area contributed by atoms with E-state index in [9.17, 15) is 19.2 Å². The topological polar surface area (TPSA) is 121 Å². The highest BCUT2D eigenvalue weighted by Gasteiger charge is 2.49. The minimum atomic E-state index is -1.26. The van der Waals surface area contributed by atoms with Gasteiger partial charge in [0.05, 0.1) is 5.56 Å². The monoisotopic (exact) mass is 384 g/mol. The van der Waals surface area contributed by atoms with Crippen LogP contribution in [0.15, 0.2) is 40.8 Å². The fourth-order valence-electron chi connectivity index (χ4n) is 3.04. The lowest BCUT2D eigenvalue weighted by Crippen LogP contribution is -2.48. The third-order valence-corrected chi connectivity index (χ3v) is 4.53. The van der Waals surface area contributed by atoms with E-state index in [0.29, 0.717) is 17.1 Å². The Balaban J connectivity index is 1.63. The molecule has 0 bridgehead atoms. The zero-order valence-corrected chi connectivity index (χ0v) is 15.7. The highest BCUT2D eigenvalue weighted by molar-refractivity contribution is 6.09. The molecule has 5 amide bonds. The largest absolute Gasteiger partial charge is 0.466 e. The Hall–Kier alpha value is -3.62. The molecule has 0 aliphatic carbocycles. The van der Waals surface area contributed by atoms with Crippen LogP contribution in [0.5, 0.6) is 0 Å². The fraction of sp³-hybridized carbons (Fsp3) is 0.263. The van der Waals surface area contributed by atoms with Crippen LogP contribution in [0.1, 0.15) is 34.4 Å². The second kappa shape index (κ2) is 7.18. The third-order valence-electron chi connectivity index (χ3n) is 4.53. The number of nitrogens with one attached hydrogen (secondary N) is 3. The van der Waals surface area contributed by atoms with E-state index in [4.69, 9.17) is 4.42 Å². The molecule has 9 heteroatoms. The lowest BCUT2D eigenvalue weighted by atomic mass is 9.92. The number of carbonyl (C=O) groups is 4. The second-order valence-corrected chi connectivity index (χ2v) is 6.64. The molecule has 3 N–H and O–H groups in total. The maximum absolute atomic E-state index is 12.7. The molecule has 1 saturated heterocycles. The molecule has 1 aliphatic rings. The van der Waals surface area contributed by atoms with Crippen molar-refractivity contribution in [1.82, 2.24) is 21.1 Å². The Morgan fingerprint density at radius 3 is 2.43 bits per heavy atom. The zero-order chi connectivity index (χ0) is 20.5. The first-order valence-corrected chi connectivity index (χ1v) is 8.58. The number of nitrogens with zero attached hydrogens (tertiary/aromatic N) is 1. The summed E-state index contributed by atoms with van der Waals surface area (Å²) < 4.78 is 5.26. The predicted octanol–water partition coefficient (Wildman–Crippen LogP) is 1.12. The summed E-state index contributed by atoms with van der Waals surface area (Å²) in [6.07, 6.45) is 0. The van der Waals surface area contributed by atoms with E-state index in [2.05, 4.69) is 16.2 Å². The Labute approximate surface area is 161 Å². The number of hydrogen-bond acceptors (Lipinski definition) is 5. The molecule has 0 saturated carbocycles. The summed E-state index contributed by atoms with van der Waals surface area (Å²) >= 11 is 0. The van der Waals surface area contributed by atoms with Crippen LogP contribution >= 0.6 is 0 Å². The molecular formula is C19H20N4O5. The molecule has 2 aromatic rings. The van der Waals surface area contributed by atoms with E-state index in [0.717, 1.165) is 4.90 Å². The van der Waals surface area contributed by atoms with E-state index < -0.39 is 35.8 Å². The number of hydrogen-bond donors (Lipinski definition) is 3. The number of urea groups is 1. The lowest BCUT2D eigenvalue weighted by Gasteiger charge is -2.22. The van der Waals surface area contributed by atoms with Gasteiger partial charge in [0.1, 0.15) is 23.6 Å². The molecule has 9 nitrogen and oxygen atoms in total. The molecule has 0 unspecified atom stereocenters. The van der Waals surface area contributed by atoms with Crippen LogP contribution in [0.2, 0.25) is 0 Å². The Kier molecular flexibility index (Phi) is 4.91. The van der Waals surface area contributed by atoms with Crippen molar-refractivity contribution >= 4 is 23.8 Å². The molecule has 0 radical (unpaired) electrons. The van der Waals surface area contributed by atoms with Crippen molar-refractivity contribution in [3.05, 3.63) is 59.0 Å². The van der Waals surface area contributed by atoms with Gasteiger partial charge in [-0.15, -0.1) is 0 Å². The number of hydrazine groups is 1. The second-order valence-electron chi connectivity index (χ2n) is 6.64. The molecule has 1 fully saturated rings. The lowest BCUT2D eigenvalue weighted by molar-refractivity contribution is -0.135. The molecule has 2 heterocycles. The van der Waals surface area contributed by atoms with Crippen molar-refractivity contribution < 1.29 is 23.6 Å². The van der Waals surface area contributed by atoms with Gasteiger partial charge in [-0.1, -0.05) is 30.3 Å². The van der Waals surface area contributed by atoms with Gasteiger partial charge in [0.2, 0.25) is 0 Å². The van der Waals surface area contributed by atoms with Gasteiger partial charge in [-0.2, -0.15) is 0 Å². The molecular weight excluding hydrogens is 364 g/mol. The average Bonchev–Trinajstić information content (AvgIpc) is 3.11. The molecule has 1 aromatic heterocycles. The van der Waals surface area contributed by atoms with Crippen molar-refractivity contribution in [3.63, 3.8) is 0 Å². The molecule has 1 atom stereocenters. The Bertz CT molecular complexity index is 952. The average molecular weight is 384 g/mol. The van der Waals surface area contributed by atoms with Crippen LogP contribution < -0.4 is 16.2 Å². The van der Waals surface area contributed by atoms with Crippen molar-refractivity contribution in [2.75, 3.05) is 6.54 Å². The van der Waals surface area contributed by atoms with Crippen molar-refractivity contribution in [2.24, 2.45) is 0 Å². The van der Waals surface area contributed by atoms with Crippen LogP contribution in [0, 0.1) is 13.8 Å². The first-order valence-electron chi connectivity index (χ1n) is 8.58. The fourth-order valence-corrected chi connectivity index (χ4v) is 3.04. The molecule has 1 aromatic carbocycles. The van der Waals surface area contributed by atoms with E-state index in [1.807, 2.05) is 0 Å². The van der Waals surface area contributed by atoms with Crippen LogP contribution in [-0.2, 0) is 15.1 Å². The van der Waals surface area contributed by atoms with Crippen LogP contribution in [0.3, 0.4) is 0 Å². The van der Waals surface area contributed by atoms with Gasteiger partial charge >= 0.3 is 6.03 Å². The number of rotatable bonds is 4. The van der Waals surface area contributed by atoms with Gasteiger partial charge in [0.25, 0.3) is 17.7 Å². The summed E-state index contributed by atoms with van der Waals surface area (Å²) in [4.78, 5) is 50.0. The first-order chi connectivity index (χ1) is 13.2. The van der Waals surface area contributed by atoms with E-state index >= 15 is 0 Å². The maximum atomic E-state index is 12.7. The Morgan fingerprint density at radius 1 is 1.14 bits per heavy atom. The molecule has 0 spiro atoms. The minimum absolute atomic E-state index is 0.282. The molecule has 1 aliphatic heterocycles. The number of benzene rings is 1. The highest BCUT2D eigenvalue weighted by atomic mass is 16.3. The highest BCUT2D eigenvalue weighted by Crippen LogP contribution is 2.28. The smallest absolute Gasteiger partial charge is 0.325 e. The van der Waals surface area contributed by atoms with Gasteiger partial charge in [0, 0.05) is 0 Å². The third kappa shape index (κ3) is 3.46. The number of furan rings is 1. The summed E-state index contributed by atoms with van der Waals surface area (Å²) in [6.45, 7) is 4.37. The summed E-state index contributed by atoms with van der Waals surface area (Å²) in [5, 5.41) is 2.61. The number of imide groups is 1. The van der Waals surface area contributed by atoms with Gasteiger partial charge < -0.3 is 9.73 Å². The first kappa shape index (κ1) is 19.2. The molecule has 28 heavy (non-hydrogen) atoms. The van der Waals surface area contributed by atoms with Gasteiger partial charge in [-0.05, 0) is 32.4 Å². The van der Waals surface area contributed by atoms with Gasteiger partial charge in [-0.25, -0.2) is 4.79 Å². The molecule has 146 valence electrons. The standard InChI is InChI=1S/C19H20N4O5/c1-11-9-14(12(2)28-11)16(25)22-21-15(24)10-23-17(26)19(3,20-18(23)27)13-7-5-4-6-8-13/h4-9H,10H2,1-3H3,(H,20,27)(H,21,24)(H,22,25)/t19-/m0/s1. The summed E-state index contributed by atoms with van der Waals surface area (Å²) in [6, 6.07) is 9.60. The minimum Gasteiger partial charge on any atom is -0.466 e. The predicted molar refractivity (Wildman–Crippen MR) is 97.8 cm³/mol. The summed E-state index contributed by atoms with van der Waals surface area (Å²) in [5.41, 5.74) is 4.07. The molecule has 3 rings (SSSR count). The van der Waals surface area contributed by atoms with Crippen molar-refractivity contribution in [3.8, 4) is 0 Å². The van der Waals surface area contributed by atoms with Crippen molar-refractivity contribution in [1.29, 1.82) is 0 Å². The quantitative estimate of drug-likeness (QED) is 0.539. The van der Waals surface area contributed by atoms with Crippen LogP contribution in [-0.4, -0.2) is 35.2 Å². The summed E-state index contributed by atoms with van der Waals surface area (Å²) in [5.74, 6) is -0.849. The van der Waals surface area contributed by atoms with Gasteiger partial charge in [0.15, 0.2) is 0 Å². The van der Waals surface area contributed by atoms with Crippen LogP contribution in [0.4, 0.5) is 4.79 Å².